The number of ether oxygens (including phenoxy) is 1. The molecule has 1 fully saturated rings. The fraction of sp³-hybridized carbons (Fsp3) is 0.562. The molecule has 0 unspecified atom stereocenters. The van der Waals surface area contributed by atoms with Gasteiger partial charge < -0.3 is 15.4 Å². The second-order valence-electron chi connectivity index (χ2n) is 5.70. The van der Waals surface area contributed by atoms with Crippen LogP contribution < -0.4 is 15.4 Å². The molecular weight excluding hydrogens is 345 g/mol. The van der Waals surface area contributed by atoms with Crippen molar-refractivity contribution < 1.29 is 22.7 Å². The van der Waals surface area contributed by atoms with Crippen LogP contribution in [0, 0.1) is 5.92 Å². The molecule has 0 aliphatic carbocycles. The second-order valence-corrected chi connectivity index (χ2v) is 5.70. The predicted molar refractivity (Wildman–Crippen MR) is 87.0 cm³/mol. The minimum atomic E-state index is -4.69. The van der Waals surface area contributed by atoms with Crippen molar-refractivity contribution in [3.63, 3.8) is 0 Å². The molecule has 1 saturated heterocycles. The molecule has 8 heteroatoms. The van der Waals surface area contributed by atoms with Crippen LogP contribution in [0.25, 0.3) is 0 Å². The first-order chi connectivity index (χ1) is 10.9. The number of amides is 1. The maximum Gasteiger partial charge on any atom is 0.573 e. The van der Waals surface area contributed by atoms with Crippen LogP contribution in [0.2, 0.25) is 0 Å². The summed E-state index contributed by atoms with van der Waals surface area (Å²) in [6.45, 7) is 2.33. The van der Waals surface area contributed by atoms with E-state index in [0.29, 0.717) is 18.9 Å². The monoisotopic (exact) mass is 366 g/mol. The summed E-state index contributed by atoms with van der Waals surface area (Å²) in [5.41, 5.74) is 0.731. The molecule has 4 nitrogen and oxygen atoms in total. The number of carbonyl (C=O) groups excluding carboxylic acids is 1. The average molecular weight is 367 g/mol. The Morgan fingerprint density at radius 2 is 1.83 bits per heavy atom. The highest BCUT2D eigenvalue weighted by atomic mass is 35.5. The molecular formula is C16H22ClF3N2O2. The lowest BCUT2D eigenvalue weighted by Gasteiger charge is -2.22. The lowest BCUT2D eigenvalue weighted by Crippen LogP contribution is -2.29. The van der Waals surface area contributed by atoms with Crippen LogP contribution in [0.15, 0.2) is 24.3 Å². The SMILES string of the molecule is Cl.O=C(CCC1CCNCC1)NCc1ccc(OC(F)(F)F)cc1. The van der Waals surface area contributed by atoms with E-state index in [-0.39, 0.29) is 24.1 Å². The fourth-order valence-corrected chi connectivity index (χ4v) is 2.60. The zero-order valence-electron chi connectivity index (χ0n) is 13.2. The number of halogens is 4. The molecule has 2 rings (SSSR count). The van der Waals surface area contributed by atoms with Gasteiger partial charge in [0.2, 0.25) is 5.91 Å². The lowest BCUT2D eigenvalue weighted by molar-refractivity contribution is -0.274. The second kappa shape index (κ2) is 9.74. The van der Waals surface area contributed by atoms with Crippen LogP contribution in [-0.4, -0.2) is 25.4 Å². The van der Waals surface area contributed by atoms with Crippen molar-refractivity contribution in [3.8, 4) is 5.75 Å². The van der Waals surface area contributed by atoms with E-state index in [1.807, 2.05) is 0 Å². The quantitative estimate of drug-likeness (QED) is 0.811. The Kier molecular flexibility index (Phi) is 8.35. The molecule has 0 bridgehead atoms. The zero-order chi connectivity index (χ0) is 16.7. The predicted octanol–water partition coefficient (Wildman–Crippen LogP) is 3.40. The van der Waals surface area contributed by atoms with E-state index in [9.17, 15) is 18.0 Å². The Hall–Kier alpha value is -1.47. The van der Waals surface area contributed by atoms with E-state index in [4.69, 9.17) is 0 Å². The minimum absolute atomic E-state index is 0. The first kappa shape index (κ1) is 20.6. The van der Waals surface area contributed by atoms with Crippen molar-refractivity contribution >= 4 is 18.3 Å². The molecule has 1 heterocycles. The molecule has 0 saturated carbocycles. The molecule has 0 aromatic heterocycles. The smallest absolute Gasteiger partial charge is 0.406 e. The standard InChI is InChI=1S/C16H21F3N2O2.ClH/c17-16(18,19)23-14-4-1-13(2-5-14)11-21-15(22)6-3-12-7-9-20-10-8-12;/h1-2,4-5,12,20H,3,6-11H2,(H,21,22);1H. The third-order valence-corrected chi connectivity index (χ3v) is 3.88. The maximum atomic E-state index is 12.1. The van der Waals surface area contributed by atoms with E-state index >= 15 is 0 Å². The molecule has 2 N–H and O–H groups in total. The maximum absolute atomic E-state index is 12.1. The minimum Gasteiger partial charge on any atom is -0.406 e. The van der Waals surface area contributed by atoms with Crippen LogP contribution in [-0.2, 0) is 11.3 Å². The molecule has 1 aliphatic heterocycles. The molecule has 1 amide bonds. The molecule has 1 aromatic rings. The Balaban J connectivity index is 0.00000288. The van der Waals surface area contributed by atoms with Gasteiger partial charge in [-0.05, 0) is 56.0 Å². The van der Waals surface area contributed by atoms with Crippen LogP contribution in [0.4, 0.5) is 13.2 Å². The highest BCUT2D eigenvalue weighted by molar-refractivity contribution is 5.85. The topological polar surface area (TPSA) is 50.4 Å². The summed E-state index contributed by atoms with van der Waals surface area (Å²) < 4.78 is 39.9. The first-order valence-corrected chi connectivity index (χ1v) is 7.74. The van der Waals surface area contributed by atoms with E-state index in [0.717, 1.165) is 37.9 Å². The highest BCUT2D eigenvalue weighted by Gasteiger charge is 2.30. The largest absolute Gasteiger partial charge is 0.573 e. The first-order valence-electron chi connectivity index (χ1n) is 7.74. The Labute approximate surface area is 145 Å². The third kappa shape index (κ3) is 7.88. The lowest BCUT2D eigenvalue weighted by atomic mass is 9.93. The molecule has 1 aromatic carbocycles. The van der Waals surface area contributed by atoms with Gasteiger partial charge in [0.05, 0.1) is 0 Å². The molecule has 136 valence electrons. The van der Waals surface area contributed by atoms with Crippen molar-refractivity contribution in [2.75, 3.05) is 13.1 Å². The summed E-state index contributed by atoms with van der Waals surface area (Å²) in [6, 6.07) is 5.50. The molecule has 0 spiro atoms. The zero-order valence-corrected chi connectivity index (χ0v) is 14.0. The number of alkyl halides is 3. The fourth-order valence-electron chi connectivity index (χ4n) is 2.60. The highest BCUT2D eigenvalue weighted by Crippen LogP contribution is 2.22. The normalized spacial score (nSPS) is 15.5. The number of hydrogen-bond acceptors (Lipinski definition) is 3. The molecule has 1 aliphatic rings. The summed E-state index contributed by atoms with van der Waals surface area (Å²) in [7, 11) is 0. The van der Waals surface area contributed by atoms with Gasteiger partial charge in [0.1, 0.15) is 5.75 Å². The van der Waals surface area contributed by atoms with Crippen LogP contribution in [0.1, 0.15) is 31.2 Å². The van der Waals surface area contributed by atoms with E-state index in [1.54, 1.807) is 0 Å². The van der Waals surface area contributed by atoms with Gasteiger partial charge in [0.15, 0.2) is 0 Å². The summed E-state index contributed by atoms with van der Waals surface area (Å²) >= 11 is 0. The van der Waals surface area contributed by atoms with Gasteiger partial charge in [0.25, 0.3) is 0 Å². The number of rotatable bonds is 6. The third-order valence-electron chi connectivity index (χ3n) is 3.88. The number of nitrogens with one attached hydrogen (secondary N) is 2. The number of piperidine rings is 1. The van der Waals surface area contributed by atoms with Crippen molar-refractivity contribution in [2.45, 2.75) is 38.6 Å². The number of benzene rings is 1. The van der Waals surface area contributed by atoms with Crippen LogP contribution >= 0.6 is 12.4 Å². The van der Waals surface area contributed by atoms with Gasteiger partial charge in [-0.15, -0.1) is 25.6 Å². The van der Waals surface area contributed by atoms with Gasteiger partial charge >= 0.3 is 6.36 Å². The van der Waals surface area contributed by atoms with Gasteiger partial charge in [-0.2, -0.15) is 0 Å². The molecule has 0 atom stereocenters. The summed E-state index contributed by atoms with van der Waals surface area (Å²) in [5.74, 6) is 0.304. The van der Waals surface area contributed by atoms with Crippen LogP contribution in [0.5, 0.6) is 5.75 Å². The van der Waals surface area contributed by atoms with Gasteiger partial charge in [0, 0.05) is 13.0 Å². The van der Waals surface area contributed by atoms with Crippen molar-refractivity contribution in [3.05, 3.63) is 29.8 Å². The number of hydrogen-bond donors (Lipinski definition) is 2. The van der Waals surface area contributed by atoms with E-state index < -0.39 is 6.36 Å². The Morgan fingerprint density at radius 3 is 2.42 bits per heavy atom. The summed E-state index contributed by atoms with van der Waals surface area (Å²) in [6.07, 6.45) is -1.11. The van der Waals surface area contributed by atoms with E-state index in [1.165, 1.54) is 24.3 Å². The Bertz CT molecular complexity index is 503. The summed E-state index contributed by atoms with van der Waals surface area (Å²) in [4.78, 5) is 11.8. The van der Waals surface area contributed by atoms with Crippen LogP contribution in [0.3, 0.4) is 0 Å². The molecule has 0 radical (unpaired) electrons. The number of carbonyl (C=O) groups is 1. The van der Waals surface area contributed by atoms with Crippen molar-refractivity contribution in [1.29, 1.82) is 0 Å². The van der Waals surface area contributed by atoms with Gasteiger partial charge in [-0.25, -0.2) is 0 Å². The van der Waals surface area contributed by atoms with Crippen molar-refractivity contribution in [1.82, 2.24) is 10.6 Å². The molecule has 24 heavy (non-hydrogen) atoms. The van der Waals surface area contributed by atoms with Gasteiger partial charge in [-0.1, -0.05) is 12.1 Å². The van der Waals surface area contributed by atoms with E-state index in [2.05, 4.69) is 15.4 Å². The van der Waals surface area contributed by atoms with Gasteiger partial charge in [-0.3, -0.25) is 4.79 Å². The summed E-state index contributed by atoms with van der Waals surface area (Å²) in [5, 5.41) is 6.08. The average Bonchev–Trinajstić information content (AvgIpc) is 2.52. The van der Waals surface area contributed by atoms with Crippen molar-refractivity contribution in [2.24, 2.45) is 5.92 Å². The Morgan fingerprint density at radius 1 is 1.21 bits per heavy atom.